The lowest BCUT2D eigenvalue weighted by Crippen LogP contribution is -1.27. The molecule has 2 nitrogen and oxygen atoms in total. The maximum Gasteiger partial charge on any atom is 0.373 e. The lowest BCUT2D eigenvalue weighted by Gasteiger charge is -1.48. The van der Waals surface area contributed by atoms with Crippen LogP contribution >= 0.6 is 12.6 Å². The highest BCUT2D eigenvalue weighted by molar-refractivity contribution is 7.79. The van der Waals surface area contributed by atoms with Gasteiger partial charge in [-0.05, 0) is 6.26 Å². The zero-order valence-corrected chi connectivity index (χ0v) is 6.37. The van der Waals surface area contributed by atoms with E-state index < -0.39 is 0 Å². The molecular weight excluding hydrogens is 124 g/mol. The highest BCUT2D eigenvalue weighted by Gasteiger charge is 1.35. The molecule has 0 heterocycles. The van der Waals surface area contributed by atoms with Crippen molar-refractivity contribution in [3.05, 3.63) is 0 Å². The van der Waals surface area contributed by atoms with Crippen LogP contribution in [0.1, 0.15) is 20.3 Å². The summed E-state index contributed by atoms with van der Waals surface area (Å²) in [6.45, 7) is 4.25. The summed E-state index contributed by atoms with van der Waals surface area (Å²) in [5.74, 6) is 0. The van der Waals surface area contributed by atoms with Crippen LogP contribution in [0, 0.1) is 0 Å². The predicted octanol–water partition coefficient (Wildman–Crippen LogP) is 1.38. The van der Waals surface area contributed by atoms with Crippen molar-refractivity contribution >= 4 is 18.8 Å². The van der Waals surface area contributed by atoms with E-state index in [0.29, 0.717) is 0 Å². The van der Waals surface area contributed by atoms with Crippen LogP contribution in [0.3, 0.4) is 0 Å². The van der Waals surface area contributed by atoms with Gasteiger partial charge in [0.2, 0.25) is 0 Å². The summed E-state index contributed by atoms with van der Waals surface area (Å²) in [5, 5.41) is 0. The molecule has 0 aromatic carbocycles. The zero-order chi connectivity index (χ0) is 7.41. The van der Waals surface area contributed by atoms with Gasteiger partial charge in [0.15, 0.2) is 0 Å². The van der Waals surface area contributed by atoms with Gasteiger partial charge in [-0.1, -0.05) is 20.3 Å². The van der Waals surface area contributed by atoms with Gasteiger partial charge in [0, 0.05) is 0 Å². The summed E-state index contributed by atoms with van der Waals surface area (Å²) in [5.41, 5.74) is 0. The average molecular weight is 136 g/mol. The summed E-state index contributed by atoms with van der Waals surface area (Å²) in [7, 11) is 0. The summed E-state index contributed by atoms with van der Waals surface area (Å²) in [4.78, 5) is 16.2. The Kier molecular flexibility index (Phi) is 144. The Morgan fingerprint density at radius 3 is 1.25 bits per heavy atom. The fourth-order valence-corrected chi connectivity index (χ4v) is 0. The largest absolute Gasteiger partial charge is 0.373 e. The first kappa shape index (κ1) is 15.6. The van der Waals surface area contributed by atoms with Crippen LogP contribution in [-0.2, 0) is 9.59 Å². The molecule has 8 heavy (non-hydrogen) atoms. The number of carbonyl (C=O) groups excluding carboxylic acids is 2. The van der Waals surface area contributed by atoms with E-state index in [1.54, 1.807) is 6.26 Å². The van der Waals surface area contributed by atoms with E-state index in [1.807, 2.05) is 0 Å². The van der Waals surface area contributed by atoms with Crippen molar-refractivity contribution in [2.75, 3.05) is 6.26 Å². The van der Waals surface area contributed by atoms with Crippen molar-refractivity contribution in [3.63, 3.8) is 0 Å². The Bertz CT molecular complexity index is 39.7. The van der Waals surface area contributed by atoms with Gasteiger partial charge in [-0.2, -0.15) is 22.2 Å². The van der Waals surface area contributed by atoms with Gasteiger partial charge in [-0.15, -0.1) is 0 Å². The molecule has 0 N–H and O–H groups in total. The second kappa shape index (κ2) is 73.8. The van der Waals surface area contributed by atoms with Gasteiger partial charge in [-0.25, -0.2) is 0 Å². The van der Waals surface area contributed by atoms with E-state index in [2.05, 4.69) is 26.5 Å². The standard InChI is InChI=1S/C3H8.CO2.CH4S/c1-3-2;2-1-3;1-2/h3H2,1-2H3;;2H,1H3. The fraction of sp³-hybridized carbons (Fsp3) is 0.800. The van der Waals surface area contributed by atoms with Gasteiger partial charge >= 0.3 is 6.15 Å². The number of hydrogen-bond acceptors (Lipinski definition) is 3. The first-order valence-electron chi connectivity index (χ1n) is 2.27. The molecule has 0 bridgehead atoms. The van der Waals surface area contributed by atoms with Gasteiger partial charge < -0.3 is 0 Å². The molecule has 0 aliphatic heterocycles. The third-order valence-electron chi connectivity index (χ3n) is 0. The molecule has 0 spiro atoms. The maximum absolute atomic E-state index is 8.12. The molecule has 0 saturated carbocycles. The molecule has 0 aliphatic carbocycles. The quantitative estimate of drug-likeness (QED) is 0.510. The highest BCUT2D eigenvalue weighted by atomic mass is 32.1. The predicted molar refractivity (Wildman–Crippen MR) is 35.9 cm³/mol. The minimum absolute atomic E-state index is 0.250. The van der Waals surface area contributed by atoms with Crippen LogP contribution in [0.5, 0.6) is 0 Å². The van der Waals surface area contributed by atoms with Gasteiger partial charge in [0.25, 0.3) is 0 Å². The van der Waals surface area contributed by atoms with Crippen LogP contribution in [0.2, 0.25) is 0 Å². The van der Waals surface area contributed by atoms with E-state index in [1.165, 1.54) is 6.42 Å². The van der Waals surface area contributed by atoms with Crippen molar-refractivity contribution in [2.24, 2.45) is 0 Å². The monoisotopic (exact) mass is 136 g/mol. The first-order valence-corrected chi connectivity index (χ1v) is 3.16. The van der Waals surface area contributed by atoms with Crippen LogP contribution in [0.25, 0.3) is 0 Å². The van der Waals surface area contributed by atoms with E-state index >= 15 is 0 Å². The number of thiol groups is 1. The lowest BCUT2D eigenvalue weighted by molar-refractivity contribution is -0.191. The first-order chi connectivity index (χ1) is 3.83. The van der Waals surface area contributed by atoms with E-state index in [4.69, 9.17) is 9.59 Å². The molecule has 0 atom stereocenters. The second-order valence-corrected chi connectivity index (χ2v) is 0.790. The third-order valence-corrected chi connectivity index (χ3v) is 0. The van der Waals surface area contributed by atoms with Crippen molar-refractivity contribution < 1.29 is 9.59 Å². The lowest BCUT2D eigenvalue weighted by atomic mass is 10.6. The fourth-order valence-electron chi connectivity index (χ4n) is 0. The summed E-state index contributed by atoms with van der Waals surface area (Å²) < 4.78 is 0. The van der Waals surface area contributed by atoms with Crippen molar-refractivity contribution in [1.82, 2.24) is 0 Å². The van der Waals surface area contributed by atoms with Crippen molar-refractivity contribution in [2.45, 2.75) is 20.3 Å². The van der Waals surface area contributed by atoms with Crippen LogP contribution in [0.15, 0.2) is 0 Å². The Balaban J connectivity index is -0.0000000483. The molecule has 50 valence electrons. The zero-order valence-electron chi connectivity index (χ0n) is 5.47. The molecule has 0 unspecified atom stereocenters. The molecule has 0 saturated heterocycles. The van der Waals surface area contributed by atoms with Crippen molar-refractivity contribution in [3.8, 4) is 0 Å². The molecule has 0 amide bonds. The molecule has 0 fully saturated rings. The molecule has 0 aromatic heterocycles. The summed E-state index contributed by atoms with van der Waals surface area (Å²) >= 11 is 3.53. The number of rotatable bonds is 0. The van der Waals surface area contributed by atoms with E-state index in [9.17, 15) is 0 Å². The van der Waals surface area contributed by atoms with Gasteiger partial charge in [0.1, 0.15) is 0 Å². The smallest absolute Gasteiger partial charge is 0.186 e. The van der Waals surface area contributed by atoms with Crippen LogP contribution < -0.4 is 0 Å². The Hall–Kier alpha value is -0.270. The van der Waals surface area contributed by atoms with Crippen LogP contribution in [-0.4, -0.2) is 12.4 Å². The molecule has 0 aromatic rings. The minimum atomic E-state index is 0.250. The topological polar surface area (TPSA) is 34.1 Å². The summed E-state index contributed by atoms with van der Waals surface area (Å²) in [6.07, 6.45) is 3.19. The minimum Gasteiger partial charge on any atom is -0.186 e. The van der Waals surface area contributed by atoms with Gasteiger partial charge in [-0.3, -0.25) is 0 Å². The number of hydrogen-bond donors (Lipinski definition) is 1. The SMILES string of the molecule is CCC.CS.O=C=O. The second-order valence-electron chi connectivity index (χ2n) is 0.790. The molecule has 3 heteroatoms. The van der Waals surface area contributed by atoms with E-state index in [0.717, 1.165) is 0 Å². The Morgan fingerprint density at radius 1 is 1.25 bits per heavy atom. The molecule has 0 aliphatic rings. The molecule has 0 rings (SSSR count). The van der Waals surface area contributed by atoms with E-state index in [-0.39, 0.29) is 6.15 Å². The molecular formula is C5H12O2S. The average Bonchev–Trinajstić information content (AvgIpc) is 1.75. The Labute approximate surface area is 55.7 Å². The summed E-state index contributed by atoms with van der Waals surface area (Å²) in [6, 6.07) is 0. The molecule has 0 radical (unpaired) electrons. The van der Waals surface area contributed by atoms with Gasteiger partial charge in [0.05, 0.1) is 0 Å². The third kappa shape index (κ3) is 1760. The Morgan fingerprint density at radius 2 is 1.25 bits per heavy atom. The highest BCUT2D eigenvalue weighted by Crippen LogP contribution is 1.56. The van der Waals surface area contributed by atoms with Crippen LogP contribution in [0.4, 0.5) is 0 Å². The van der Waals surface area contributed by atoms with Crippen molar-refractivity contribution in [1.29, 1.82) is 0 Å². The normalized spacial score (nSPS) is 4.00. The maximum atomic E-state index is 8.12.